The predicted octanol–water partition coefficient (Wildman–Crippen LogP) is 4.18. The number of Topliss-reactive ketones (excluding diaryl/α,β-unsaturated/α-hetero) is 1. The van der Waals surface area contributed by atoms with Crippen LogP contribution in [0.1, 0.15) is 32.6 Å². The van der Waals surface area contributed by atoms with Crippen molar-refractivity contribution in [3.63, 3.8) is 0 Å². The van der Waals surface area contributed by atoms with E-state index in [2.05, 4.69) is 0 Å². The summed E-state index contributed by atoms with van der Waals surface area (Å²) in [5.41, 5.74) is 4.20. The molecule has 0 saturated carbocycles. The molecule has 0 heterocycles. The highest BCUT2D eigenvalue weighted by Gasteiger charge is 2.14. The highest BCUT2D eigenvalue weighted by atomic mass is 19.1. The number of ketones is 1. The average Bonchev–Trinajstić information content (AvgIpc) is 2.30. The first kappa shape index (κ1) is 13.5. The van der Waals surface area contributed by atoms with Crippen LogP contribution in [0.25, 0.3) is 0 Å². The Kier molecular flexibility index (Phi) is 3.79. The Hall–Kier alpha value is -1.96. The normalized spacial score (nSPS) is 10.5. The molecule has 0 aromatic heterocycles. The Bertz CT molecular complexity index is 589. The van der Waals surface area contributed by atoms with Crippen LogP contribution < -0.4 is 0 Å². The van der Waals surface area contributed by atoms with Gasteiger partial charge < -0.3 is 0 Å². The van der Waals surface area contributed by atoms with Crippen molar-refractivity contribution in [1.82, 2.24) is 0 Å². The number of carbonyl (C=O) groups is 1. The van der Waals surface area contributed by atoms with E-state index in [1.54, 1.807) is 13.8 Å². The number of hydrogen-bond donors (Lipinski definition) is 0. The van der Waals surface area contributed by atoms with E-state index < -0.39 is 0 Å². The molecule has 0 spiro atoms. The molecular weight excluding hydrogens is 239 g/mol. The molecule has 0 aliphatic carbocycles. The number of carbonyl (C=O) groups excluding carboxylic acids is 1. The number of benzene rings is 2. The number of aryl methyl sites for hydroxylation is 3. The molecule has 2 aromatic carbocycles. The van der Waals surface area contributed by atoms with E-state index in [9.17, 15) is 9.18 Å². The average molecular weight is 256 g/mol. The molecule has 1 nitrogen and oxygen atoms in total. The summed E-state index contributed by atoms with van der Waals surface area (Å²) in [6, 6.07) is 10.7. The van der Waals surface area contributed by atoms with Crippen molar-refractivity contribution in [2.75, 3.05) is 0 Å². The van der Waals surface area contributed by atoms with Crippen molar-refractivity contribution >= 4 is 5.78 Å². The molecule has 98 valence electrons. The minimum Gasteiger partial charge on any atom is -0.294 e. The zero-order valence-corrected chi connectivity index (χ0v) is 11.5. The molecule has 0 aliphatic rings. The summed E-state index contributed by atoms with van der Waals surface area (Å²) >= 11 is 0. The van der Waals surface area contributed by atoms with Crippen molar-refractivity contribution in [2.45, 2.75) is 27.2 Å². The van der Waals surface area contributed by atoms with Crippen LogP contribution in [-0.4, -0.2) is 5.78 Å². The predicted molar refractivity (Wildman–Crippen MR) is 75.1 cm³/mol. The fourth-order valence-electron chi connectivity index (χ4n) is 2.33. The standard InChI is InChI=1S/C17H17FO/c1-11-4-6-14(7-5-11)10-16(19)17-12(2)8-15(18)9-13(17)3/h4-9H,10H2,1-3H3. The molecule has 0 fully saturated rings. The first-order valence-electron chi connectivity index (χ1n) is 6.33. The van der Waals surface area contributed by atoms with E-state index in [1.165, 1.54) is 17.7 Å². The zero-order valence-electron chi connectivity index (χ0n) is 11.5. The fourth-order valence-corrected chi connectivity index (χ4v) is 2.33. The van der Waals surface area contributed by atoms with Gasteiger partial charge in [-0.3, -0.25) is 4.79 Å². The smallest absolute Gasteiger partial charge is 0.167 e. The Labute approximate surface area is 113 Å². The topological polar surface area (TPSA) is 17.1 Å². The van der Waals surface area contributed by atoms with Gasteiger partial charge in [-0.1, -0.05) is 29.8 Å². The quantitative estimate of drug-likeness (QED) is 0.753. The van der Waals surface area contributed by atoms with Crippen LogP contribution in [0.4, 0.5) is 4.39 Å². The van der Waals surface area contributed by atoms with Crippen LogP contribution in [0, 0.1) is 26.6 Å². The molecule has 0 atom stereocenters. The fraction of sp³-hybridized carbons (Fsp3) is 0.235. The second-order valence-corrected chi connectivity index (χ2v) is 5.00. The minimum atomic E-state index is -0.290. The van der Waals surface area contributed by atoms with Crippen molar-refractivity contribution in [1.29, 1.82) is 0 Å². The van der Waals surface area contributed by atoms with Gasteiger partial charge >= 0.3 is 0 Å². The summed E-state index contributed by atoms with van der Waals surface area (Å²) < 4.78 is 13.2. The number of halogens is 1. The van der Waals surface area contributed by atoms with Crippen molar-refractivity contribution in [2.24, 2.45) is 0 Å². The van der Waals surface area contributed by atoms with E-state index in [4.69, 9.17) is 0 Å². The third kappa shape index (κ3) is 3.08. The lowest BCUT2D eigenvalue weighted by molar-refractivity contribution is 0.0992. The molecule has 19 heavy (non-hydrogen) atoms. The van der Waals surface area contributed by atoms with Gasteiger partial charge in [-0.25, -0.2) is 4.39 Å². The van der Waals surface area contributed by atoms with Gasteiger partial charge in [-0.05, 0) is 49.6 Å². The summed E-state index contributed by atoms with van der Waals surface area (Å²) in [7, 11) is 0. The molecule has 0 unspecified atom stereocenters. The Morgan fingerprint density at radius 1 is 1.00 bits per heavy atom. The lowest BCUT2D eigenvalue weighted by atomic mass is 9.95. The SMILES string of the molecule is Cc1ccc(CC(=O)c2c(C)cc(F)cc2C)cc1. The monoisotopic (exact) mass is 256 g/mol. The second kappa shape index (κ2) is 5.35. The maximum absolute atomic E-state index is 13.2. The highest BCUT2D eigenvalue weighted by Crippen LogP contribution is 2.18. The molecular formula is C17H17FO. The Balaban J connectivity index is 2.28. The number of hydrogen-bond acceptors (Lipinski definition) is 1. The molecule has 0 amide bonds. The van der Waals surface area contributed by atoms with Gasteiger partial charge in [0.05, 0.1) is 0 Å². The molecule has 0 bridgehead atoms. The lowest BCUT2D eigenvalue weighted by Gasteiger charge is -2.09. The maximum Gasteiger partial charge on any atom is 0.167 e. The highest BCUT2D eigenvalue weighted by molar-refractivity contribution is 6.00. The van der Waals surface area contributed by atoms with E-state index in [0.29, 0.717) is 23.1 Å². The van der Waals surface area contributed by atoms with E-state index in [-0.39, 0.29) is 11.6 Å². The largest absolute Gasteiger partial charge is 0.294 e. The van der Waals surface area contributed by atoms with E-state index in [0.717, 1.165) is 5.56 Å². The second-order valence-electron chi connectivity index (χ2n) is 5.00. The molecule has 0 N–H and O–H groups in total. The van der Waals surface area contributed by atoms with Gasteiger partial charge in [0.1, 0.15) is 5.82 Å². The van der Waals surface area contributed by atoms with Gasteiger partial charge in [0.2, 0.25) is 0 Å². The summed E-state index contributed by atoms with van der Waals surface area (Å²) in [5.74, 6) is -0.249. The zero-order chi connectivity index (χ0) is 14.0. The third-order valence-electron chi connectivity index (χ3n) is 3.26. The van der Waals surface area contributed by atoms with Crippen LogP contribution in [0.5, 0.6) is 0 Å². The summed E-state index contributed by atoms with van der Waals surface area (Å²) in [4.78, 5) is 12.3. The van der Waals surface area contributed by atoms with E-state index in [1.807, 2.05) is 31.2 Å². The summed E-state index contributed by atoms with van der Waals surface area (Å²) in [6.45, 7) is 5.57. The first-order chi connectivity index (χ1) is 8.97. The maximum atomic E-state index is 13.2. The van der Waals surface area contributed by atoms with Crippen LogP contribution >= 0.6 is 0 Å². The molecule has 0 saturated heterocycles. The van der Waals surface area contributed by atoms with Crippen LogP contribution in [-0.2, 0) is 6.42 Å². The molecule has 2 rings (SSSR count). The van der Waals surface area contributed by atoms with Crippen molar-refractivity contribution in [3.05, 3.63) is 70.0 Å². The Morgan fingerprint density at radius 3 is 2.05 bits per heavy atom. The van der Waals surface area contributed by atoms with Gasteiger partial charge in [0.25, 0.3) is 0 Å². The van der Waals surface area contributed by atoms with Crippen molar-refractivity contribution < 1.29 is 9.18 Å². The van der Waals surface area contributed by atoms with Crippen LogP contribution in [0.15, 0.2) is 36.4 Å². The van der Waals surface area contributed by atoms with E-state index >= 15 is 0 Å². The Morgan fingerprint density at radius 2 is 1.53 bits per heavy atom. The third-order valence-corrected chi connectivity index (χ3v) is 3.26. The van der Waals surface area contributed by atoms with Gasteiger partial charge in [0.15, 0.2) is 5.78 Å². The van der Waals surface area contributed by atoms with Crippen LogP contribution in [0.3, 0.4) is 0 Å². The minimum absolute atomic E-state index is 0.0406. The van der Waals surface area contributed by atoms with Gasteiger partial charge in [0, 0.05) is 12.0 Å². The molecule has 2 heteroatoms. The molecule has 0 aliphatic heterocycles. The molecule has 0 radical (unpaired) electrons. The van der Waals surface area contributed by atoms with Crippen LogP contribution in [0.2, 0.25) is 0 Å². The number of rotatable bonds is 3. The van der Waals surface area contributed by atoms with Crippen molar-refractivity contribution in [3.8, 4) is 0 Å². The first-order valence-corrected chi connectivity index (χ1v) is 6.33. The summed E-state index contributed by atoms with van der Waals surface area (Å²) in [5, 5.41) is 0. The van der Waals surface area contributed by atoms with Gasteiger partial charge in [-0.2, -0.15) is 0 Å². The van der Waals surface area contributed by atoms with Gasteiger partial charge in [-0.15, -0.1) is 0 Å². The molecule has 2 aromatic rings. The summed E-state index contributed by atoms with van der Waals surface area (Å²) in [6.07, 6.45) is 0.355. The lowest BCUT2D eigenvalue weighted by Crippen LogP contribution is -2.08.